The van der Waals surface area contributed by atoms with Gasteiger partial charge < -0.3 is 14.7 Å². The van der Waals surface area contributed by atoms with Crippen molar-refractivity contribution in [2.24, 2.45) is 0 Å². The third-order valence-electron chi connectivity index (χ3n) is 4.82. The lowest BCUT2D eigenvalue weighted by atomic mass is 10.0. The van der Waals surface area contributed by atoms with Crippen molar-refractivity contribution in [1.29, 1.82) is 0 Å². The minimum Gasteiger partial charge on any atom is -0.375 e. The fourth-order valence-electron chi connectivity index (χ4n) is 3.32. The van der Waals surface area contributed by atoms with E-state index in [9.17, 15) is 0 Å². The molecule has 2 N–H and O–H groups in total. The number of nitrogens with zero attached hydrogens (tertiary/aromatic N) is 2. The van der Waals surface area contributed by atoms with Gasteiger partial charge in [-0.3, -0.25) is 0 Å². The highest BCUT2D eigenvalue weighted by Crippen LogP contribution is 2.20. The molecule has 0 aliphatic rings. The molecule has 0 saturated heterocycles. The first kappa shape index (κ1) is 21.2. The minimum absolute atomic E-state index is 0.285. The van der Waals surface area contributed by atoms with Gasteiger partial charge in [0, 0.05) is 23.8 Å². The van der Waals surface area contributed by atoms with Crippen molar-refractivity contribution in [2.45, 2.75) is 76.4 Å². The largest absolute Gasteiger partial charge is 0.375 e. The van der Waals surface area contributed by atoms with Gasteiger partial charge in [0.2, 0.25) is 0 Å². The van der Waals surface area contributed by atoms with Crippen molar-refractivity contribution in [3.05, 3.63) is 61.7 Å². The van der Waals surface area contributed by atoms with Crippen LogP contribution < -0.4 is 0 Å². The predicted molar refractivity (Wildman–Crippen MR) is 111 cm³/mol. The minimum atomic E-state index is 0.285. The van der Waals surface area contributed by atoms with E-state index in [0.29, 0.717) is 0 Å². The zero-order chi connectivity index (χ0) is 19.2. The summed E-state index contributed by atoms with van der Waals surface area (Å²) in [4.78, 5) is 14.5. The number of hydrogen-bond donors (Lipinski definition) is 2. The summed E-state index contributed by atoms with van der Waals surface area (Å²) >= 11 is 0. The van der Waals surface area contributed by atoms with Crippen LogP contribution in [0.25, 0.3) is 0 Å². The van der Waals surface area contributed by atoms with Crippen molar-refractivity contribution in [1.82, 2.24) is 19.9 Å². The topological polar surface area (TPSA) is 66.6 Å². The molecule has 0 saturated carbocycles. The molecule has 0 aliphatic heterocycles. The van der Waals surface area contributed by atoms with Crippen molar-refractivity contribution < 1.29 is 4.74 Å². The molecule has 0 aromatic carbocycles. The third kappa shape index (κ3) is 8.87. The second-order valence-corrected chi connectivity index (χ2v) is 7.05. The van der Waals surface area contributed by atoms with Crippen molar-refractivity contribution in [3.63, 3.8) is 0 Å². The molecule has 2 aromatic rings. The van der Waals surface area contributed by atoms with Gasteiger partial charge in [-0.1, -0.05) is 12.2 Å². The molecule has 27 heavy (non-hydrogen) atoms. The Labute approximate surface area is 163 Å². The third-order valence-corrected chi connectivity index (χ3v) is 4.82. The molecule has 0 bridgehead atoms. The lowest BCUT2D eigenvalue weighted by Gasteiger charge is -2.25. The van der Waals surface area contributed by atoms with Gasteiger partial charge in [-0.05, 0) is 64.2 Å². The Hall–Kier alpha value is -2.14. The number of aromatic nitrogens is 4. The maximum atomic E-state index is 6.55. The van der Waals surface area contributed by atoms with Crippen molar-refractivity contribution in [2.75, 3.05) is 0 Å². The van der Waals surface area contributed by atoms with E-state index in [-0.39, 0.29) is 12.2 Å². The Bertz CT molecular complexity index is 552. The van der Waals surface area contributed by atoms with Gasteiger partial charge in [0.1, 0.15) is 0 Å². The lowest BCUT2D eigenvalue weighted by molar-refractivity contribution is -0.0288. The van der Waals surface area contributed by atoms with E-state index in [1.54, 1.807) is 12.7 Å². The number of aryl methyl sites for hydroxylation is 2. The summed E-state index contributed by atoms with van der Waals surface area (Å²) in [5.74, 6) is 0. The molecule has 0 fully saturated rings. The maximum absolute atomic E-state index is 6.55. The molecule has 2 unspecified atom stereocenters. The summed E-state index contributed by atoms with van der Waals surface area (Å²) in [7, 11) is 0. The second-order valence-electron chi connectivity index (χ2n) is 7.05. The summed E-state index contributed by atoms with van der Waals surface area (Å²) in [6.07, 6.45) is 22.3. The molecule has 2 aromatic heterocycles. The number of imidazole rings is 2. The van der Waals surface area contributed by atoms with E-state index in [4.69, 9.17) is 4.74 Å². The van der Waals surface area contributed by atoms with E-state index in [1.807, 2.05) is 24.5 Å². The van der Waals surface area contributed by atoms with Crippen LogP contribution in [0.2, 0.25) is 0 Å². The summed E-state index contributed by atoms with van der Waals surface area (Å²) in [6.45, 7) is 7.74. The van der Waals surface area contributed by atoms with Crippen LogP contribution in [0.15, 0.2) is 50.4 Å². The van der Waals surface area contributed by atoms with Crippen LogP contribution in [-0.4, -0.2) is 32.1 Å². The lowest BCUT2D eigenvalue weighted by Crippen LogP contribution is -2.23. The molecule has 5 heteroatoms. The standard InChI is InChI=1S/C22H34N4O/c1-3-5-11-21(13-7-9-19-15-23-17-25-19)27-22(12-6-4-2)14-8-10-20-16-24-18-26-20/h3-4,15-18,21-22H,1-2,5-14H2,(H,23,25)(H,24,26). The molecule has 2 heterocycles. The van der Waals surface area contributed by atoms with Crippen LogP contribution >= 0.6 is 0 Å². The van der Waals surface area contributed by atoms with Crippen LogP contribution in [0.4, 0.5) is 0 Å². The normalized spacial score (nSPS) is 13.3. The SMILES string of the molecule is C=CCCC(CCCc1cnc[nH]1)OC(CCC=C)CCCc1cnc[nH]1. The Morgan fingerprint density at radius 2 is 1.30 bits per heavy atom. The fraction of sp³-hybridized carbons (Fsp3) is 0.545. The average molecular weight is 371 g/mol. The van der Waals surface area contributed by atoms with Gasteiger partial charge in [-0.25, -0.2) is 9.97 Å². The highest BCUT2D eigenvalue weighted by Gasteiger charge is 2.16. The molecule has 2 rings (SSSR count). The number of rotatable bonds is 16. The molecule has 148 valence electrons. The zero-order valence-corrected chi connectivity index (χ0v) is 16.4. The number of allylic oxidation sites excluding steroid dienone is 2. The van der Waals surface area contributed by atoms with Gasteiger partial charge in [-0.15, -0.1) is 13.2 Å². The van der Waals surface area contributed by atoms with Crippen LogP contribution in [0.1, 0.15) is 62.8 Å². The van der Waals surface area contributed by atoms with Gasteiger partial charge >= 0.3 is 0 Å². The molecule has 0 amide bonds. The molecule has 0 radical (unpaired) electrons. The van der Waals surface area contributed by atoms with Gasteiger partial charge in [-0.2, -0.15) is 0 Å². The Balaban J connectivity index is 1.80. The van der Waals surface area contributed by atoms with E-state index < -0.39 is 0 Å². The van der Waals surface area contributed by atoms with Crippen molar-refractivity contribution in [3.8, 4) is 0 Å². The first-order chi connectivity index (χ1) is 13.3. The number of H-pyrrole nitrogens is 2. The molecule has 2 atom stereocenters. The number of aromatic amines is 2. The quantitative estimate of drug-likeness (QED) is 0.401. The van der Waals surface area contributed by atoms with Gasteiger partial charge in [0.05, 0.1) is 24.9 Å². The second kappa shape index (κ2) is 13.1. The van der Waals surface area contributed by atoms with Gasteiger partial charge in [0.15, 0.2) is 0 Å². The Morgan fingerprint density at radius 1 is 0.815 bits per heavy atom. The Kier molecular flexibility index (Phi) is 10.3. The van der Waals surface area contributed by atoms with Gasteiger partial charge in [0.25, 0.3) is 0 Å². The molecular formula is C22H34N4O. The number of ether oxygens (including phenoxy) is 1. The predicted octanol–water partition coefficient (Wildman–Crippen LogP) is 5.16. The maximum Gasteiger partial charge on any atom is 0.0921 e. The zero-order valence-electron chi connectivity index (χ0n) is 16.4. The summed E-state index contributed by atoms with van der Waals surface area (Å²) in [5, 5.41) is 0. The van der Waals surface area contributed by atoms with E-state index in [2.05, 4.69) is 33.1 Å². The van der Waals surface area contributed by atoms with E-state index >= 15 is 0 Å². The molecule has 0 spiro atoms. The van der Waals surface area contributed by atoms with Crippen LogP contribution in [0.5, 0.6) is 0 Å². The summed E-state index contributed by atoms with van der Waals surface area (Å²) in [5.41, 5.74) is 2.39. The van der Waals surface area contributed by atoms with E-state index in [1.165, 1.54) is 11.4 Å². The highest BCUT2D eigenvalue weighted by atomic mass is 16.5. The average Bonchev–Trinajstić information content (AvgIpc) is 3.37. The molecule has 0 aliphatic carbocycles. The first-order valence-corrected chi connectivity index (χ1v) is 10.1. The highest BCUT2D eigenvalue weighted by molar-refractivity contribution is 4.94. The van der Waals surface area contributed by atoms with E-state index in [0.717, 1.165) is 64.2 Å². The summed E-state index contributed by atoms with van der Waals surface area (Å²) < 4.78 is 6.55. The number of nitrogens with one attached hydrogen (secondary N) is 2. The van der Waals surface area contributed by atoms with Crippen molar-refractivity contribution >= 4 is 0 Å². The monoisotopic (exact) mass is 370 g/mol. The Morgan fingerprint density at radius 3 is 1.67 bits per heavy atom. The summed E-state index contributed by atoms with van der Waals surface area (Å²) in [6, 6.07) is 0. The molecular weight excluding hydrogens is 336 g/mol. The first-order valence-electron chi connectivity index (χ1n) is 10.1. The smallest absolute Gasteiger partial charge is 0.0921 e. The van der Waals surface area contributed by atoms with Crippen LogP contribution in [0.3, 0.4) is 0 Å². The fourth-order valence-corrected chi connectivity index (χ4v) is 3.32. The van der Waals surface area contributed by atoms with Crippen LogP contribution in [-0.2, 0) is 17.6 Å². The molecule has 5 nitrogen and oxygen atoms in total. The van der Waals surface area contributed by atoms with Crippen LogP contribution in [0, 0.1) is 0 Å². The number of hydrogen-bond acceptors (Lipinski definition) is 3.